The first kappa shape index (κ1) is 20.1. The first-order valence-corrected chi connectivity index (χ1v) is 10.3. The van der Waals surface area contributed by atoms with E-state index in [0.29, 0.717) is 13.1 Å². The van der Waals surface area contributed by atoms with Gasteiger partial charge in [-0.15, -0.1) is 0 Å². The molecule has 0 atom stereocenters. The van der Waals surface area contributed by atoms with Gasteiger partial charge in [-0.2, -0.15) is 0 Å². The number of rotatable bonds is 6. The van der Waals surface area contributed by atoms with Crippen LogP contribution >= 0.6 is 0 Å². The molecule has 0 aliphatic carbocycles. The normalized spacial score (nSPS) is 15.3. The van der Waals surface area contributed by atoms with Gasteiger partial charge in [-0.25, -0.2) is 0 Å². The number of hydrogen-bond donors (Lipinski definition) is 0. The number of unbranched alkanes of at least 4 members (excludes halogenated alkanes) is 1. The Kier molecular flexibility index (Phi) is 6.85. The lowest BCUT2D eigenvalue weighted by Crippen LogP contribution is -2.43. The number of nitrogens with zero attached hydrogens (tertiary/aromatic N) is 2. The van der Waals surface area contributed by atoms with Crippen molar-refractivity contribution in [2.45, 2.75) is 32.6 Å². The van der Waals surface area contributed by atoms with E-state index in [9.17, 15) is 9.59 Å². The van der Waals surface area contributed by atoms with Crippen LogP contribution in [0, 0.1) is 5.92 Å². The van der Waals surface area contributed by atoms with Gasteiger partial charge >= 0.3 is 0 Å². The summed E-state index contributed by atoms with van der Waals surface area (Å²) in [4.78, 5) is 28.8. The fourth-order valence-corrected chi connectivity index (χ4v) is 3.83. The van der Waals surface area contributed by atoms with Crippen LogP contribution in [0.1, 0.15) is 38.2 Å². The highest BCUT2D eigenvalue weighted by atomic mass is 16.2. The third-order valence-corrected chi connectivity index (χ3v) is 5.61. The van der Waals surface area contributed by atoms with E-state index in [0.717, 1.165) is 43.2 Å². The maximum atomic E-state index is 12.6. The van der Waals surface area contributed by atoms with Gasteiger partial charge in [0.15, 0.2) is 0 Å². The number of carbonyl (C=O) groups is 2. The molecular weight excluding hydrogens is 348 g/mol. The van der Waals surface area contributed by atoms with Gasteiger partial charge < -0.3 is 9.80 Å². The number of carbonyl (C=O) groups excluding carboxylic acids is 2. The average Bonchev–Trinajstić information content (AvgIpc) is 2.75. The second-order valence-electron chi connectivity index (χ2n) is 7.61. The van der Waals surface area contributed by atoms with Gasteiger partial charge in [-0.05, 0) is 41.7 Å². The maximum absolute atomic E-state index is 12.6. The first-order valence-electron chi connectivity index (χ1n) is 10.3. The molecule has 28 heavy (non-hydrogen) atoms. The van der Waals surface area contributed by atoms with Crippen LogP contribution in [0.5, 0.6) is 0 Å². The number of benzene rings is 2. The second-order valence-corrected chi connectivity index (χ2v) is 7.61. The largest absolute Gasteiger partial charge is 0.346 e. The molecule has 4 heteroatoms. The quantitative estimate of drug-likeness (QED) is 0.701. The van der Waals surface area contributed by atoms with Gasteiger partial charge in [0.05, 0.1) is 0 Å². The highest BCUT2D eigenvalue weighted by molar-refractivity contribution is 5.96. The minimum absolute atomic E-state index is 0.0261. The van der Waals surface area contributed by atoms with Crippen molar-refractivity contribution in [2.24, 2.45) is 5.92 Å². The van der Waals surface area contributed by atoms with Crippen LogP contribution in [-0.2, 0) is 9.59 Å². The molecule has 2 aromatic rings. The maximum Gasteiger partial charge on any atom is 0.246 e. The van der Waals surface area contributed by atoms with E-state index in [2.05, 4.69) is 25.1 Å². The summed E-state index contributed by atoms with van der Waals surface area (Å²) >= 11 is 0. The number of fused-ring (bicyclic) bond motifs is 1. The molecule has 1 fully saturated rings. The summed E-state index contributed by atoms with van der Waals surface area (Å²) in [5.74, 6) is 0.304. The van der Waals surface area contributed by atoms with E-state index >= 15 is 0 Å². The molecule has 0 N–H and O–H groups in total. The summed E-state index contributed by atoms with van der Waals surface area (Å²) in [7, 11) is 1.89. The van der Waals surface area contributed by atoms with E-state index in [4.69, 9.17) is 0 Å². The van der Waals surface area contributed by atoms with E-state index < -0.39 is 0 Å². The van der Waals surface area contributed by atoms with Crippen LogP contribution in [0.2, 0.25) is 0 Å². The van der Waals surface area contributed by atoms with E-state index in [1.54, 1.807) is 6.08 Å². The smallest absolute Gasteiger partial charge is 0.246 e. The summed E-state index contributed by atoms with van der Waals surface area (Å²) < 4.78 is 0. The van der Waals surface area contributed by atoms with Gasteiger partial charge in [-0.1, -0.05) is 55.8 Å². The number of piperidine rings is 1. The predicted molar refractivity (Wildman–Crippen MR) is 115 cm³/mol. The minimum Gasteiger partial charge on any atom is -0.346 e. The van der Waals surface area contributed by atoms with Gasteiger partial charge in [-0.3, -0.25) is 9.59 Å². The molecule has 1 saturated heterocycles. The van der Waals surface area contributed by atoms with Crippen LogP contribution < -0.4 is 0 Å². The van der Waals surface area contributed by atoms with Crippen molar-refractivity contribution in [1.82, 2.24) is 9.80 Å². The van der Waals surface area contributed by atoms with Crippen molar-refractivity contribution in [3.05, 3.63) is 54.1 Å². The lowest BCUT2D eigenvalue weighted by atomic mass is 9.95. The van der Waals surface area contributed by atoms with Crippen molar-refractivity contribution < 1.29 is 9.59 Å². The zero-order chi connectivity index (χ0) is 19.9. The lowest BCUT2D eigenvalue weighted by molar-refractivity contribution is -0.138. The molecule has 3 rings (SSSR count). The number of hydrogen-bond acceptors (Lipinski definition) is 2. The van der Waals surface area contributed by atoms with Crippen LogP contribution in [-0.4, -0.2) is 48.3 Å². The topological polar surface area (TPSA) is 40.6 Å². The second kappa shape index (κ2) is 9.54. The average molecular weight is 379 g/mol. The van der Waals surface area contributed by atoms with Crippen molar-refractivity contribution in [1.29, 1.82) is 0 Å². The Labute approximate surface area is 167 Å². The zero-order valence-electron chi connectivity index (χ0n) is 16.9. The highest BCUT2D eigenvalue weighted by Gasteiger charge is 2.28. The number of amides is 2. The lowest BCUT2D eigenvalue weighted by Gasteiger charge is -2.32. The fraction of sp³-hybridized carbons (Fsp3) is 0.417. The summed E-state index contributed by atoms with van der Waals surface area (Å²) in [5.41, 5.74) is 1.05. The molecule has 0 saturated carbocycles. The Hall–Kier alpha value is -2.62. The molecular formula is C24H30N2O2. The molecule has 2 aromatic carbocycles. The molecule has 0 unspecified atom stereocenters. The highest BCUT2D eigenvalue weighted by Crippen LogP contribution is 2.22. The molecule has 4 nitrogen and oxygen atoms in total. The summed E-state index contributed by atoms with van der Waals surface area (Å²) in [6.07, 6.45) is 7.20. The molecule has 148 valence electrons. The van der Waals surface area contributed by atoms with Crippen molar-refractivity contribution in [3.8, 4) is 0 Å². The molecule has 0 spiro atoms. The minimum atomic E-state index is 0.0261. The van der Waals surface area contributed by atoms with Crippen LogP contribution in [0.15, 0.2) is 48.5 Å². The molecule has 1 heterocycles. The molecule has 0 bridgehead atoms. The van der Waals surface area contributed by atoms with E-state index in [-0.39, 0.29) is 17.7 Å². The Morgan fingerprint density at radius 2 is 1.82 bits per heavy atom. The number of likely N-dealkylation sites (tertiary alicyclic amines) is 1. The predicted octanol–water partition coefficient (Wildman–Crippen LogP) is 4.35. The molecule has 1 aliphatic rings. The van der Waals surface area contributed by atoms with Crippen LogP contribution in [0.3, 0.4) is 0 Å². The Morgan fingerprint density at radius 1 is 1.11 bits per heavy atom. The molecule has 1 aliphatic heterocycles. The molecule has 2 amide bonds. The Balaban J connectivity index is 1.56. The fourth-order valence-electron chi connectivity index (χ4n) is 3.83. The molecule has 0 radical (unpaired) electrons. The van der Waals surface area contributed by atoms with Crippen molar-refractivity contribution >= 4 is 28.7 Å². The van der Waals surface area contributed by atoms with Crippen LogP contribution in [0.4, 0.5) is 0 Å². The van der Waals surface area contributed by atoms with Gasteiger partial charge in [0.25, 0.3) is 0 Å². The first-order chi connectivity index (χ1) is 13.6. The van der Waals surface area contributed by atoms with Crippen LogP contribution in [0.25, 0.3) is 16.8 Å². The monoisotopic (exact) mass is 378 g/mol. The zero-order valence-corrected chi connectivity index (χ0v) is 16.9. The van der Waals surface area contributed by atoms with Crippen molar-refractivity contribution in [3.63, 3.8) is 0 Å². The van der Waals surface area contributed by atoms with Crippen molar-refractivity contribution in [2.75, 3.05) is 26.7 Å². The van der Waals surface area contributed by atoms with E-state index in [1.165, 1.54) is 5.39 Å². The van der Waals surface area contributed by atoms with E-state index in [1.807, 2.05) is 47.2 Å². The summed E-state index contributed by atoms with van der Waals surface area (Å²) in [6, 6.07) is 14.3. The summed E-state index contributed by atoms with van der Waals surface area (Å²) in [5, 5.41) is 2.32. The van der Waals surface area contributed by atoms with Gasteiger partial charge in [0.1, 0.15) is 0 Å². The van der Waals surface area contributed by atoms with Gasteiger partial charge in [0.2, 0.25) is 11.8 Å². The standard InChI is InChI=1S/C24H30N2O2/c1-3-4-16-25(2)24(28)21-14-17-26(18-15-21)23(27)13-12-20-10-7-9-19-8-5-6-11-22(19)20/h5-13,21H,3-4,14-18H2,1-2H3/b13-12+. The third kappa shape index (κ3) is 4.80. The SMILES string of the molecule is CCCCN(C)C(=O)C1CCN(C(=O)/C=C/c2cccc3ccccc23)CC1. The Morgan fingerprint density at radius 3 is 2.57 bits per heavy atom. The third-order valence-electron chi connectivity index (χ3n) is 5.61. The Bertz CT molecular complexity index is 845. The van der Waals surface area contributed by atoms with Gasteiger partial charge in [0, 0.05) is 38.7 Å². The summed E-state index contributed by atoms with van der Waals surface area (Å²) in [6.45, 7) is 4.25. The molecule has 0 aromatic heterocycles.